The number of para-hydroxylation sites is 1. The topological polar surface area (TPSA) is 27.2 Å². The minimum Gasteiger partial charge on any atom is -0.315 e. The zero-order valence-corrected chi connectivity index (χ0v) is 16.2. The third-order valence-corrected chi connectivity index (χ3v) is 5.39. The molecule has 134 valence electrons. The molecule has 0 bridgehead atoms. The third-order valence-electron chi connectivity index (χ3n) is 4.99. The van der Waals surface area contributed by atoms with E-state index in [1.165, 1.54) is 28.9 Å². The molecule has 1 aromatic heterocycles. The Bertz CT molecular complexity index is 954. The first-order valence-corrected chi connectivity index (χ1v) is 9.65. The number of aryl methyl sites for hydroxylation is 1. The fourth-order valence-corrected chi connectivity index (χ4v) is 3.70. The minimum absolute atomic E-state index is 0.551. The first-order valence-electron chi connectivity index (χ1n) is 9.24. The van der Waals surface area contributed by atoms with Crippen LogP contribution in [0.4, 0.5) is 0 Å². The summed E-state index contributed by atoms with van der Waals surface area (Å²) in [4.78, 5) is 1.37. The second kappa shape index (κ2) is 7.17. The molecule has 0 aliphatic heterocycles. The summed E-state index contributed by atoms with van der Waals surface area (Å²) in [6.07, 6.45) is 2.43. The number of aromatic nitrogens is 3. The second-order valence-corrected chi connectivity index (χ2v) is 7.67. The molecule has 1 saturated carbocycles. The maximum atomic E-state index is 5.80. The molecule has 1 N–H and O–H groups in total. The maximum Gasteiger partial charge on any atom is 0.207 e. The number of rotatable bonds is 6. The van der Waals surface area contributed by atoms with Crippen molar-refractivity contribution < 1.29 is 4.90 Å². The first kappa shape index (κ1) is 17.2. The summed E-state index contributed by atoms with van der Waals surface area (Å²) in [7, 11) is 2.20. The Labute approximate surface area is 159 Å². The van der Waals surface area contributed by atoms with E-state index >= 15 is 0 Å². The van der Waals surface area contributed by atoms with Gasteiger partial charge >= 0.3 is 0 Å². The van der Waals surface area contributed by atoms with Gasteiger partial charge in [-0.1, -0.05) is 42.5 Å². The van der Waals surface area contributed by atoms with E-state index in [1.54, 1.807) is 0 Å². The summed E-state index contributed by atoms with van der Waals surface area (Å²) >= 11 is 5.80. The standard InChI is InChI=1S/C21H24N4S/c1-16-8-6-7-9-18(16)14-23(2)15-24-21(26)25(19-10-4-3-5-11-19)20(22-24)17-12-13-17/h3-11,17H,12-15H2,1-2H3/p+1. The number of nitrogens with one attached hydrogen (secondary N) is 1. The Morgan fingerprint density at radius 3 is 2.46 bits per heavy atom. The van der Waals surface area contributed by atoms with Gasteiger partial charge in [0.15, 0.2) is 6.67 Å². The lowest BCUT2D eigenvalue weighted by molar-refractivity contribution is -0.917. The van der Waals surface area contributed by atoms with Gasteiger partial charge in [-0.05, 0) is 49.7 Å². The molecule has 1 aliphatic rings. The maximum absolute atomic E-state index is 5.80. The van der Waals surface area contributed by atoms with Crippen molar-refractivity contribution in [2.45, 2.75) is 38.9 Å². The van der Waals surface area contributed by atoms with Crippen molar-refractivity contribution in [2.75, 3.05) is 7.05 Å². The molecular formula is C21H25N4S+. The van der Waals surface area contributed by atoms with Crippen LogP contribution in [0, 0.1) is 11.7 Å². The van der Waals surface area contributed by atoms with E-state index < -0.39 is 0 Å². The Balaban J connectivity index is 1.61. The van der Waals surface area contributed by atoms with Crippen LogP contribution in [-0.2, 0) is 13.2 Å². The monoisotopic (exact) mass is 365 g/mol. The number of hydrogen-bond donors (Lipinski definition) is 1. The summed E-state index contributed by atoms with van der Waals surface area (Å²) in [5.74, 6) is 1.67. The molecule has 5 heteroatoms. The van der Waals surface area contributed by atoms with Gasteiger partial charge in [0, 0.05) is 17.2 Å². The largest absolute Gasteiger partial charge is 0.315 e. The van der Waals surface area contributed by atoms with Crippen molar-refractivity contribution in [3.8, 4) is 5.69 Å². The highest BCUT2D eigenvalue weighted by atomic mass is 32.1. The minimum atomic E-state index is 0.551. The number of benzene rings is 2. The predicted molar refractivity (Wildman–Crippen MR) is 106 cm³/mol. The van der Waals surface area contributed by atoms with Crippen LogP contribution < -0.4 is 4.90 Å². The molecule has 1 fully saturated rings. The summed E-state index contributed by atoms with van der Waals surface area (Å²) < 4.78 is 4.96. The van der Waals surface area contributed by atoms with Gasteiger partial charge in [-0.2, -0.15) is 9.78 Å². The van der Waals surface area contributed by atoms with Crippen molar-refractivity contribution in [1.29, 1.82) is 0 Å². The molecule has 0 amide bonds. The van der Waals surface area contributed by atoms with Crippen LogP contribution >= 0.6 is 12.2 Å². The fraction of sp³-hybridized carbons (Fsp3) is 0.333. The van der Waals surface area contributed by atoms with Crippen LogP contribution in [-0.4, -0.2) is 21.4 Å². The number of quaternary nitrogens is 1. The molecule has 0 spiro atoms. The van der Waals surface area contributed by atoms with Crippen LogP contribution in [0.3, 0.4) is 0 Å². The molecule has 1 unspecified atom stereocenters. The average Bonchev–Trinajstić information content (AvgIpc) is 3.43. The Hall–Kier alpha value is -2.24. The van der Waals surface area contributed by atoms with E-state index in [0.29, 0.717) is 5.92 Å². The fourth-order valence-electron chi connectivity index (χ4n) is 3.40. The summed E-state index contributed by atoms with van der Waals surface area (Å²) in [6, 6.07) is 18.9. The van der Waals surface area contributed by atoms with E-state index in [4.69, 9.17) is 17.3 Å². The van der Waals surface area contributed by atoms with Gasteiger partial charge in [0.1, 0.15) is 12.4 Å². The van der Waals surface area contributed by atoms with Crippen LogP contribution in [0.15, 0.2) is 54.6 Å². The van der Waals surface area contributed by atoms with Crippen LogP contribution in [0.25, 0.3) is 5.69 Å². The van der Waals surface area contributed by atoms with Crippen molar-refractivity contribution in [3.63, 3.8) is 0 Å². The van der Waals surface area contributed by atoms with Gasteiger partial charge in [-0.25, -0.2) is 0 Å². The number of hydrogen-bond acceptors (Lipinski definition) is 2. The zero-order valence-electron chi connectivity index (χ0n) is 15.4. The Kier molecular flexibility index (Phi) is 4.74. The van der Waals surface area contributed by atoms with Gasteiger partial charge in [0.05, 0.1) is 7.05 Å². The van der Waals surface area contributed by atoms with Crippen molar-refractivity contribution in [2.24, 2.45) is 0 Å². The van der Waals surface area contributed by atoms with Gasteiger partial charge in [0.2, 0.25) is 4.77 Å². The van der Waals surface area contributed by atoms with Crippen LogP contribution in [0.2, 0.25) is 0 Å². The van der Waals surface area contributed by atoms with E-state index in [1.807, 2.05) is 10.7 Å². The zero-order chi connectivity index (χ0) is 18.1. The van der Waals surface area contributed by atoms with E-state index in [0.717, 1.165) is 29.5 Å². The van der Waals surface area contributed by atoms with Gasteiger partial charge in [-0.15, -0.1) is 0 Å². The molecule has 3 aromatic rings. The lowest BCUT2D eigenvalue weighted by Gasteiger charge is -2.15. The van der Waals surface area contributed by atoms with Crippen molar-refractivity contribution >= 4 is 12.2 Å². The average molecular weight is 366 g/mol. The first-order chi connectivity index (χ1) is 12.6. The normalized spacial score (nSPS) is 15.2. The summed E-state index contributed by atoms with van der Waals surface area (Å²) in [6.45, 7) is 3.90. The van der Waals surface area contributed by atoms with Gasteiger partial charge in [-0.3, -0.25) is 4.57 Å². The molecule has 1 heterocycles. The predicted octanol–water partition coefficient (Wildman–Crippen LogP) is 3.26. The molecule has 1 aliphatic carbocycles. The van der Waals surface area contributed by atoms with Gasteiger partial charge < -0.3 is 4.90 Å². The lowest BCUT2D eigenvalue weighted by atomic mass is 10.1. The Morgan fingerprint density at radius 1 is 1.08 bits per heavy atom. The summed E-state index contributed by atoms with van der Waals surface area (Å²) in [5.41, 5.74) is 3.83. The van der Waals surface area contributed by atoms with Crippen LogP contribution in [0.1, 0.15) is 35.7 Å². The molecular weight excluding hydrogens is 340 g/mol. The number of nitrogens with zero attached hydrogens (tertiary/aromatic N) is 3. The van der Waals surface area contributed by atoms with Crippen LogP contribution in [0.5, 0.6) is 0 Å². The van der Waals surface area contributed by atoms with Gasteiger partial charge in [0.25, 0.3) is 0 Å². The smallest absolute Gasteiger partial charge is 0.207 e. The highest BCUT2D eigenvalue weighted by molar-refractivity contribution is 7.71. The highest BCUT2D eigenvalue weighted by Crippen LogP contribution is 2.40. The quantitative estimate of drug-likeness (QED) is 0.679. The third kappa shape index (κ3) is 3.50. The molecule has 0 saturated heterocycles. The second-order valence-electron chi connectivity index (χ2n) is 7.30. The van der Waals surface area contributed by atoms with E-state index in [2.05, 4.69) is 67.1 Å². The molecule has 0 radical (unpaired) electrons. The summed E-state index contributed by atoms with van der Waals surface area (Å²) in [5, 5.41) is 4.91. The van der Waals surface area contributed by atoms with E-state index in [9.17, 15) is 0 Å². The van der Waals surface area contributed by atoms with Crippen molar-refractivity contribution in [1.82, 2.24) is 14.3 Å². The molecule has 2 aromatic carbocycles. The highest BCUT2D eigenvalue weighted by Gasteiger charge is 2.31. The molecule has 4 rings (SSSR count). The molecule has 4 nitrogen and oxygen atoms in total. The Morgan fingerprint density at radius 2 is 1.77 bits per heavy atom. The molecule has 26 heavy (non-hydrogen) atoms. The molecule has 1 atom stereocenters. The SMILES string of the molecule is Cc1ccccc1C[NH+](C)Cn1nc(C2CC2)n(-c2ccccc2)c1=S. The lowest BCUT2D eigenvalue weighted by Crippen LogP contribution is -3.07. The van der Waals surface area contributed by atoms with E-state index in [-0.39, 0.29) is 0 Å². The van der Waals surface area contributed by atoms with Crippen molar-refractivity contribution in [3.05, 3.63) is 76.3 Å².